The summed E-state index contributed by atoms with van der Waals surface area (Å²) in [6.07, 6.45) is 0.140. The number of hydrogen-bond acceptors (Lipinski definition) is 2. The summed E-state index contributed by atoms with van der Waals surface area (Å²) < 4.78 is 26.5. The van der Waals surface area contributed by atoms with Crippen LogP contribution in [0.15, 0.2) is 18.2 Å². The van der Waals surface area contributed by atoms with Crippen molar-refractivity contribution in [2.24, 2.45) is 5.41 Å². The van der Waals surface area contributed by atoms with Gasteiger partial charge in [-0.2, -0.15) is 0 Å². The maximum Gasteiger partial charge on any atom is 0.314 e. The highest BCUT2D eigenvalue weighted by atomic mass is 19.1. The molecule has 130 valence electrons. The van der Waals surface area contributed by atoms with Crippen LogP contribution in [0.25, 0.3) is 0 Å². The Morgan fingerprint density at radius 3 is 2.48 bits per heavy atom. The molecule has 1 rings (SSSR count). The van der Waals surface area contributed by atoms with Crippen molar-refractivity contribution in [2.75, 3.05) is 13.1 Å². The molecule has 0 aliphatic heterocycles. The van der Waals surface area contributed by atoms with Crippen molar-refractivity contribution in [3.05, 3.63) is 35.4 Å². The lowest BCUT2D eigenvalue weighted by atomic mass is 9.87. The highest BCUT2D eigenvalue weighted by Crippen LogP contribution is 2.21. The lowest BCUT2D eigenvalue weighted by molar-refractivity contribution is 0.129. The summed E-state index contributed by atoms with van der Waals surface area (Å²) in [7, 11) is 0. The van der Waals surface area contributed by atoms with Gasteiger partial charge in [-0.05, 0) is 30.4 Å². The number of amides is 2. The molecule has 2 amide bonds. The predicted molar refractivity (Wildman–Crippen MR) is 86.3 cm³/mol. The standard InChI is InChI=1S/C17H26F2N2O2/c1-11(14-6-5-13(18)7-15(14)19)9-20-16(23)21-10-17(3,4)8-12(2)22/h5-7,11-12,22H,8-10H2,1-4H3,(H2,20,21,23)/t11-,12-/m1/s1. The zero-order valence-electron chi connectivity index (χ0n) is 14.1. The van der Waals surface area contributed by atoms with Crippen molar-refractivity contribution in [2.45, 2.75) is 46.1 Å². The third kappa shape index (κ3) is 6.95. The van der Waals surface area contributed by atoms with Crippen molar-refractivity contribution in [1.29, 1.82) is 0 Å². The molecular formula is C17H26F2N2O2. The number of carbonyl (C=O) groups is 1. The summed E-state index contributed by atoms with van der Waals surface area (Å²) in [5, 5.41) is 14.8. The first-order valence-corrected chi connectivity index (χ1v) is 7.75. The van der Waals surface area contributed by atoms with E-state index in [1.54, 1.807) is 13.8 Å². The number of urea groups is 1. The smallest absolute Gasteiger partial charge is 0.314 e. The topological polar surface area (TPSA) is 61.4 Å². The fraction of sp³-hybridized carbons (Fsp3) is 0.588. The molecule has 0 spiro atoms. The van der Waals surface area contributed by atoms with E-state index in [0.717, 1.165) is 6.07 Å². The number of nitrogens with one attached hydrogen (secondary N) is 2. The van der Waals surface area contributed by atoms with Crippen LogP contribution in [0, 0.1) is 17.0 Å². The van der Waals surface area contributed by atoms with Gasteiger partial charge in [0.2, 0.25) is 0 Å². The van der Waals surface area contributed by atoms with Crippen LogP contribution in [0.1, 0.15) is 45.6 Å². The summed E-state index contributed by atoms with van der Waals surface area (Å²) in [5.41, 5.74) is 0.140. The Hall–Kier alpha value is -1.69. The molecule has 0 saturated carbocycles. The fourth-order valence-electron chi connectivity index (χ4n) is 2.51. The summed E-state index contributed by atoms with van der Waals surface area (Å²) in [5.74, 6) is -1.51. The van der Waals surface area contributed by atoms with Gasteiger partial charge < -0.3 is 15.7 Å². The third-order valence-corrected chi connectivity index (χ3v) is 3.64. The zero-order valence-corrected chi connectivity index (χ0v) is 14.1. The maximum atomic E-state index is 13.7. The molecule has 0 radical (unpaired) electrons. The number of rotatable bonds is 7. The molecule has 6 heteroatoms. The average molecular weight is 328 g/mol. The van der Waals surface area contributed by atoms with Crippen LogP contribution in [0.4, 0.5) is 13.6 Å². The van der Waals surface area contributed by atoms with Crippen LogP contribution in [0.2, 0.25) is 0 Å². The first-order valence-electron chi connectivity index (χ1n) is 7.75. The van der Waals surface area contributed by atoms with E-state index in [1.165, 1.54) is 12.1 Å². The summed E-state index contributed by atoms with van der Waals surface area (Å²) in [4.78, 5) is 11.8. The van der Waals surface area contributed by atoms with E-state index in [9.17, 15) is 18.7 Å². The minimum atomic E-state index is -0.621. The Morgan fingerprint density at radius 2 is 1.91 bits per heavy atom. The summed E-state index contributed by atoms with van der Waals surface area (Å²) in [6.45, 7) is 8.04. The van der Waals surface area contributed by atoms with Gasteiger partial charge in [0, 0.05) is 25.1 Å². The number of aliphatic hydroxyl groups excluding tert-OH is 1. The second-order valence-corrected chi connectivity index (χ2v) is 6.85. The first-order chi connectivity index (χ1) is 10.6. The van der Waals surface area contributed by atoms with Crippen molar-refractivity contribution in [1.82, 2.24) is 10.6 Å². The van der Waals surface area contributed by atoms with Gasteiger partial charge in [0.1, 0.15) is 11.6 Å². The molecule has 0 aliphatic carbocycles. The van der Waals surface area contributed by atoms with Crippen LogP contribution >= 0.6 is 0 Å². The molecule has 0 aromatic heterocycles. The fourth-order valence-corrected chi connectivity index (χ4v) is 2.51. The summed E-state index contributed by atoms with van der Waals surface area (Å²) >= 11 is 0. The molecule has 0 aliphatic rings. The largest absolute Gasteiger partial charge is 0.393 e. The van der Waals surface area contributed by atoms with E-state index in [0.29, 0.717) is 18.5 Å². The highest BCUT2D eigenvalue weighted by Gasteiger charge is 2.21. The van der Waals surface area contributed by atoms with Crippen LogP contribution in [-0.4, -0.2) is 30.3 Å². The Bertz CT molecular complexity index is 533. The molecule has 3 N–H and O–H groups in total. The van der Waals surface area contributed by atoms with Gasteiger partial charge in [0.15, 0.2) is 0 Å². The Balaban J connectivity index is 2.44. The van der Waals surface area contributed by atoms with Gasteiger partial charge in [-0.1, -0.05) is 26.8 Å². The van der Waals surface area contributed by atoms with Gasteiger partial charge in [0.05, 0.1) is 6.10 Å². The highest BCUT2D eigenvalue weighted by molar-refractivity contribution is 5.73. The average Bonchev–Trinajstić information content (AvgIpc) is 2.41. The molecule has 0 saturated heterocycles. The van der Waals surface area contributed by atoms with Crippen LogP contribution in [0.5, 0.6) is 0 Å². The molecule has 1 aromatic rings. The van der Waals surface area contributed by atoms with Crippen molar-refractivity contribution < 1.29 is 18.7 Å². The zero-order chi connectivity index (χ0) is 17.6. The Labute approximate surface area is 136 Å². The molecule has 0 heterocycles. The van der Waals surface area contributed by atoms with Crippen molar-refractivity contribution >= 4 is 6.03 Å². The number of hydrogen-bond donors (Lipinski definition) is 3. The van der Waals surface area contributed by atoms with Gasteiger partial charge in [-0.25, -0.2) is 13.6 Å². The maximum absolute atomic E-state index is 13.7. The second-order valence-electron chi connectivity index (χ2n) is 6.85. The molecular weight excluding hydrogens is 302 g/mol. The van der Waals surface area contributed by atoms with Crippen LogP contribution < -0.4 is 10.6 Å². The van der Waals surface area contributed by atoms with E-state index in [2.05, 4.69) is 10.6 Å². The van der Waals surface area contributed by atoms with E-state index < -0.39 is 17.7 Å². The van der Waals surface area contributed by atoms with E-state index in [1.807, 2.05) is 13.8 Å². The Kier molecular flexibility index (Phi) is 6.94. The van der Waals surface area contributed by atoms with E-state index >= 15 is 0 Å². The van der Waals surface area contributed by atoms with Gasteiger partial charge in [-0.3, -0.25) is 0 Å². The molecule has 2 atom stereocenters. The SMILES string of the molecule is C[C@H](CNC(=O)NCC(C)(C)C[C@@H](C)O)c1ccc(F)cc1F. The van der Waals surface area contributed by atoms with E-state index in [4.69, 9.17) is 0 Å². The van der Waals surface area contributed by atoms with Gasteiger partial charge in [0.25, 0.3) is 0 Å². The minimum Gasteiger partial charge on any atom is -0.393 e. The molecule has 1 aromatic carbocycles. The monoisotopic (exact) mass is 328 g/mol. The lowest BCUT2D eigenvalue weighted by Gasteiger charge is -2.26. The normalized spacial score (nSPS) is 14.2. The summed E-state index contributed by atoms with van der Waals surface area (Å²) in [6, 6.07) is 3.08. The minimum absolute atomic E-state index is 0.222. The van der Waals surface area contributed by atoms with Crippen molar-refractivity contribution in [3.8, 4) is 0 Å². The first kappa shape index (κ1) is 19.4. The van der Waals surface area contributed by atoms with Crippen LogP contribution in [0.3, 0.4) is 0 Å². The molecule has 4 nitrogen and oxygen atoms in total. The molecule has 0 fully saturated rings. The van der Waals surface area contributed by atoms with Gasteiger partial charge in [-0.15, -0.1) is 0 Å². The second kappa shape index (κ2) is 8.24. The lowest BCUT2D eigenvalue weighted by Crippen LogP contribution is -2.42. The quantitative estimate of drug-likeness (QED) is 0.720. The number of carbonyl (C=O) groups excluding carboxylic acids is 1. The molecule has 0 bridgehead atoms. The third-order valence-electron chi connectivity index (χ3n) is 3.64. The molecule has 0 unspecified atom stereocenters. The van der Waals surface area contributed by atoms with Gasteiger partial charge >= 0.3 is 6.03 Å². The predicted octanol–water partition coefficient (Wildman–Crippen LogP) is 3.16. The van der Waals surface area contributed by atoms with Crippen LogP contribution in [-0.2, 0) is 0 Å². The molecule has 23 heavy (non-hydrogen) atoms. The van der Waals surface area contributed by atoms with E-state index in [-0.39, 0.29) is 23.9 Å². The number of halogens is 2. The number of aliphatic hydroxyl groups is 1. The Morgan fingerprint density at radius 1 is 1.26 bits per heavy atom. The number of benzene rings is 1. The van der Waals surface area contributed by atoms with Crippen molar-refractivity contribution in [3.63, 3.8) is 0 Å².